The second kappa shape index (κ2) is 8.97. The Morgan fingerprint density at radius 3 is 2.21 bits per heavy atom. The molecular formula is C24H23N3O5S. The fourth-order valence-electron chi connectivity index (χ4n) is 3.60. The minimum atomic E-state index is -2.94. The highest BCUT2D eigenvalue weighted by Crippen LogP contribution is 2.19. The number of rotatable bonds is 5. The molecule has 33 heavy (non-hydrogen) atoms. The van der Waals surface area contributed by atoms with E-state index in [0.29, 0.717) is 18.8 Å². The smallest absolute Gasteiger partial charge is 0.354 e. The summed E-state index contributed by atoms with van der Waals surface area (Å²) in [7, 11) is -2.94. The minimum absolute atomic E-state index is 0.00507. The van der Waals surface area contributed by atoms with E-state index in [-0.39, 0.29) is 22.8 Å². The Morgan fingerprint density at radius 1 is 1.00 bits per heavy atom. The van der Waals surface area contributed by atoms with Gasteiger partial charge in [-0.1, -0.05) is 29.8 Å². The van der Waals surface area contributed by atoms with E-state index in [2.05, 4.69) is 10.8 Å². The monoisotopic (exact) mass is 465 g/mol. The van der Waals surface area contributed by atoms with E-state index < -0.39 is 21.4 Å². The minimum Gasteiger partial charge on any atom is -0.477 e. The largest absolute Gasteiger partial charge is 0.477 e. The number of H-pyrrole nitrogens is 1. The summed E-state index contributed by atoms with van der Waals surface area (Å²) in [4.78, 5) is 26.5. The lowest BCUT2D eigenvalue weighted by Crippen LogP contribution is -2.40. The van der Waals surface area contributed by atoms with Crippen molar-refractivity contribution in [2.45, 2.75) is 6.92 Å². The van der Waals surface area contributed by atoms with Crippen molar-refractivity contribution in [1.29, 1.82) is 0 Å². The summed E-state index contributed by atoms with van der Waals surface area (Å²) in [5.41, 5.74) is 5.52. The molecule has 1 fully saturated rings. The Bertz CT molecular complexity index is 1390. The second-order valence-electron chi connectivity index (χ2n) is 7.87. The predicted molar refractivity (Wildman–Crippen MR) is 128 cm³/mol. The molecule has 4 rings (SSSR count). The normalized spacial score (nSPS) is 15.0. The SMILES string of the molecule is Cc1ccc(-n2[nH]c(C(=O)O)c(C=C=Cc3ccc(N4CCS(=O)(=O)CC4)cc3)c2=O)cc1. The summed E-state index contributed by atoms with van der Waals surface area (Å²) < 4.78 is 24.4. The highest BCUT2D eigenvalue weighted by molar-refractivity contribution is 7.91. The Labute approximate surface area is 191 Å². The molecule has 170 valence electrons. The molecule has 0 aliphatic carbocycles. The van der Waals surface area contributed by atoms with Crippen molar-refractivity contribution in [2.24, 2.45) is 0 Å². The van der Waals surface area contributed by atoms with Gasteiger partial charge in [-0.25, -0.2) is 17.9 Å². The second-order valence-corrected chi connectivity index (χ2v) is 10.2. The quantitative estimate of drug-likeness (QED) is 0.561. The van der Waals surface area contributed by atoms with Crippen LogP contribution in [0.1, 0.15) is 27.2 Å². The van der Waals surface area contributed by atoms with Crippen LogP contribution >= 0.6 is 0 Å². The Hall–Kier alpha value is -3.81. The molecule has 1 aliphatic heterocycles. The number of aryl methyl sites for hydroxylation is 1. The highest BCUT2D eigenvalue weighted by Gasteiger charge is 2.21. The first-order valence-corrected chi connectivity index (χ1v) is 12.2. The first-order valence-electron chi connectivity index (χ1n) is 10.4. The van der Waals surface area contributed by atoms with Crippen molar-refractivity contribution < 1.29 is 18.3 Å². The molecule has 9 heteroatoms. The van der Waals surface area contributed by atoms with Crippen molar-refractivity contribution >= 4 is 33.6 Å². The van der Waals surface area contributed by atoms with Gasteiger partial charge in [0.05, 0.1) is 22.8 Å². The average Bonchev–Trinajstić information content (AvgIpc) is 3.11. The third-order valence-corrected chi connectivity index (χ3v) is 7.12. The van der Waals surface area contributed by atoms with Gasteiger partial charge in [-0.2, -0.15) is 0 Å². The number of anilines is 1. The number of hydrogen-bond acceptors (Lipinski definition) is 5. The van der Waals surface area contributed by atoms with Gasteiger partial charge < -0.3 is 10.0 Å². The Kier molecular flexibility index (Phi) is 6.09. The van der Waals surface area contributed by atoms with Gasteiger partial charge in [0.1, 0.15) is 0 Å². The molecule has 8 nitrogen and oxygen atoms in total. The zero-order chi connectivity index (χ0) is 23.6. The van der Waals surface area contributed by atoms with Gasteiger partial charge in [-0.15, -0.1) is 5.73 Å². The molecule has 1 aromatic heterocycles. The standard InChI is InChI=1S/C24H23N3O5S/c1-17-5-9-20(10-6-17)27-23(28)21(22(25-27)24(29)30)4-2-3-18-7-11-19(12-8-18)26-13-15-33(31,32)16-14-26/h3-12,25H,13-16H2,1H3,(H,29,30). The van der Waals surface area contributed by atoms with Gasteiger partial charge >= 0.3 is 5.97 Å². The highest BCUT2D eigenvalue weighted by atomic mass is 32.2. The predicted octanol–water partition coefficient (Wildman–Crippen LogP) is 2.73. The summed E-state index contributed by atoms with van der Waals surface area (Å²) >= 11 is 0. The van der Waals surface area contributed by atoms with Crippen molar-refractivity contribution in [1.82, 2.24) is 9.78 Å². The van der Waals surface area contributed by atoms with Crippen LogP contribution in [0.25, 0.3) is 17.8 Å². The fourth-order valence-corrected chi connectivity index (χ4v) is 4.80. The maximum Gasteiger partial charge on any atom is 0.354 e. The number of carbonyl (C=O) groups is 1. The Morgan fingerprint density at radius 2 is 1.61 bits per heavy atom. The lowest BCUT2D eigenvalue weighted by molar-refractivity contribution is 0.0689. The molecule has 2 aromatic carbocycles. The van der Waals surface area contributed by atoms with E-state index in [9.17, 15) is 23.1 Å². The fraction of sp³-hybridized carbons (Fsp3) is 0.208. The molecule has 0 amide bonds. The summed E-state index contributed by atoms with van der Waals surface area (Å²) in [6.07, 6.45) is 3.01. The molecule has 3 aromatic rings. The zero-order valence-corrected chi connectivity index (χ0v) is 18.8. The van der Waals surface area contributed by atoms with Crippen LogP contribution < -0.4 is 10.5 Å². The maximum absolute atomic E-state index is 12.8. The number of carboxylic acids is 1. The number of hydrogen-bond donors (Lipinski definition) is 2. The molecule has 0 unspecified atom stereocenters. The molecule has 1 aliphatic rings. The van der Waals surface area contributed by atoms with Crippen LogP contribution in [0, 0.1) is 6.92 Å². The van der Waals surface area contributed by atoms with Crippen LogP contribution in [0.5, 0.6) is 0 Å². The summed E-state index contributed by atoms with van der Waals surface area (Å²) in [5.74, 6) is -0.931. The molecule has 0 radical (unpaired) electrons. The number of aromatic carboxylic acids is 1. The number of benzene rings is 2. The summed E-state index contributed by atoms with van der Waals surface area (Å²) in [6.45, 7) is 2.86. The maximum atomic E-state index is 12.8. The summed E-state index contributed by atoms with van der Waals surface area (Å²) in [5, 5.41) is 12.2. The number of carboxylic acid groups (broad SMARTS) is 1. The van der Waals surface area contributed by atoms with Gasteiger partial charge in [0.2, 0.25) is 0 Å². The average molecular weight is 466 g/mol. The van der Waals surface area contributed by atoms with Crippen LogP contribution in [0.3, 0.4) is 0 Å². The third kappa shape index (κ3) is 5.00. The Balaban J connectivity index is 1.57. The first kappa shape index (κ1) is 22.4. The molecule has 0 bridgehead atoms. The van der Waals surface area contributed by atoms with Crippen molar-refractivity contribution in [3.05, 3.63) is 87.0 Å². The molecule has 0 saturated carbocycles. The van der Waals surface area contributed by atoms with Crippen LogP contribution in [0.4, 0.5) is 5.69 Å². The lowest BCUT2D eigenvalue weighted by atomic mass is 10.1. The molecule has 0 atom stereocenters. The van der Waals surface area contributed by atoms with Gasteiger partial charge in [0, 0.05) is 18.8 Å². The number of nitrogens with zero attached hydrogens (tertiary/aromatic N) is 2. The number of nitrogens with one attached hydrogen (secondary N) is 1. The van der Waals surface area contributed by atoms with Gasteiger partial charge in [0.15, 0.2) is 15.5 Å². The van der Waals surface area contributed by atoms with Crippen LogP contribution in [0.2, 0.25) is 0 Å². The van der Waals surface area contributed by atoms with Crippen molar-refractivity contribution in [3.63, 3.8) is 0 Å². The number of aromatic amines is 1. The van der Waals surface area contributed by atoms with Gasteiger partial charge in [-0.05, 0) is 48.9 Å². The summed E-state index contributed by atoms with van der Waals surface area (Å²) in [6, 6.07) is 14.7. The zero-order valence-electron chi connectivity index (χ0n) is 18.0. The van der Waals surface area contributed by atoms with Crippen LogP contribution in [-0.2, 0) is 9.84 Å². The van der Waals surface area contributed by atoms with Crippen molar-refractivity contribution in [3.8, 4) is 5.69 Å². The van der Waals surface area contributed by atoms with E-state index in [1.807, 2.05) is 48.2 Å². The lowest BCUT2D eigenvalue weighted by Gasteiger charge is -2.28. The van der Waals surface area contributed by atoms with Gasteiger partial charge in [0.25, 0.3) is 5.56 Å². The van der Waals surface area contributed by atoms with E-state index in [1.165, 1.54) is 10.8 Å². The van der Waals surface area contributed by atoms with Crippen molar-refractivity contribution in [2.75, 3.05) is 29.5 Å². The van der Waals surface area contributed by atoms with E-state index in [4.69, 9.17) is 0 Å². The molecule has 1 saturated heterocycles. The van der Waals surface area contributed by atoms with Crippen LogP contribution in [0.15, 0.2) is 59.1 Å². The van der Waals surface area contributed by atoms with E-state index >= 15 is 0 Å². The third-order valence-electron chi connectivity index (χ3n) is 5.51. The topological polar surface area (TPSA) is 112 Å². The molecule has 2 N–H and O–H groups in total. The van der Waals surface area contributed by atoms with E-state index in [1.54, 1.807) is 18.2 Å². The van der Waals surface area contributed by atoms with Crippen LogP contribution in [-0.4, -0.2) is 53.9 Å². The van der Waals surface area contributed by atoms with E-state index in [0.717, 1.165) is 16.8 Å². The molecular weight excluding hydrogens is 442 g/mol. The first-order chi connectivity index (χ1) is 15.7. The van der Waals surface area contributed by atoms with Gasteiger partial charge in [-0.3, -0.25) is 9.89 Å². The number of sulfone groups is 1. The number of aromatic nitrogens is 2. The molecule has 0 spiro atoms. The molecule has 2 heterocycles.